The molecule has 0 aliphatic heterocycles. The fourth-order valence-electron chi connectivity index (χ4n) is 3.09. The van der Waals surface area contributed by atoms with Gasteiger partial charge in [0, 0.05) is 17.2 Å². The topological polar surface area (TPSA) is 72.2 Å². The number of carbonyl (C=O) groups excluding carboxylic acids is 1. The highest BCUT2D eigenvalue weighted by atomic mass is 16.6. The van der Waals surface area contributed by atoms with Crippen molar-refractivity contribution in [3.63, 3.8) is 0 Å². The molecule has 0 bridgehead atoms. The van der Waals surface area contributed by atoms with Crippen molar-refractivity contribution in [3.05, 3.63) is 74.8 Å². The second-order valence-electron chi connectivity index (χ2n) is 5.88. The molecule has 2 aromatic rings. The molecule has 2 aromatic carbocycles. The van der Waals surface area contributed by atoms with E-state index >= 15 is 0 Å². The van der Waals surface area contributed by atoms with E-state index in [9.17, 15) is 14.9 Å². The molecule has 1 N–H and O–H groups in total. The van der Waals surface area contributed by atoms with Gasteiger partial charge in [-0.25, -0.2) is 0 Å². The van der Waals surface area contributed by atoms with Crippen LogP contribution in [-0.4, -0.2) is 10.8 Å². The number of nitrogens with zero attached hydrogens (tertiary/aromatic N) is 1. The Morgan fingerprint density at radius 1 is 1.26 bits per heavy atom. The van der Waals surface area contributed by atoms with Crippen LogP contribution in [0.25, 0.3) is 0 Å². The molecule has 0 spiro atoms. The number of hydrogen-bond donors (Lipinski definition) is 1. The van der Waals surface area contributed by atoms with Crippen LogP contribution >= 0.6 is 0 Å². The lowest BCUT2D eigenvalue weighted by Crippen LogP contribution is -2.31. The summed E-state index contributed by atoms with van der Waals surface area (Å²) in [6, 6.07) is 12.7. The monoisotopic (exact) mass is 310 g/mol. The number of aryl methyl sites for hydroxylation is 2. The fraction of sp³-hybridized carbons (Fsp3) is 0.278. The predicted octanol–water partition coefficient (Wildman–Crippen LogP) is 3.71. The van der Waals surface area contributed by atoms with Crippen molar-refractivity contribution in [2.75, 3.05) is 0 Å². The van der Waals surface area contributed by atoms with Crippen molar-refractivity contribution in [1.29, 1.82) is 0 Å². The molecule has 1 aliphatic rings. The fourth-order valence-corrected chi connectivity index (χ4v) is 3.09. The van der Waals surface area contributed by atoms with Crippen LogP contribution in [0.4, 0.5) is 5.69 Å². The van der Waals surface area contributed by atoms with Crippen molar-refractivity contribution >= 4 is 11.6 Å². The van der Waals surface area contributed by atoms with Gasteiger partial charge in [-0.15, -0.1) is 0 Å². The van der Waals surface area contributed by atoms with E-state index in [1.807, 2.05) is 18.2 Å². The van der Waals surface area contributed by atoms with Crippen molar-refractivity contribution < 1.29 is 9.72 Å². The Morgan fingerprint density at radius 3 is 2.83 bits per heavy atom. The molecular weight excluding hydrogens is 292 g/mol. The number of benzene rings is 2. The Hall–Kier alpha value is -2.69. The highest BCUT2D eigenvalue weighted by molar-refractivity contribution is 5.95. The number of fused-ring (bicyclic) bond motifs is 1. The summed E-state index contributed by atoms with van der Waals surface area (Å²) in [4.78, 5) is 23.0. The first-order chi connectivity index (χ1) is 11.1. The first-order valence-corrected chi connectivity index (χ1v) is 7.70. The molecule has 23 heavy (non-hydrogen) atoms. The largest absolute Gasteiger partial charge is 0.345 e. The molecule has 0 saturated carbocycles. The highest BCUT2D eigenvalue weighted by Crippen LogP contribution is 2.30. The quantitative estimate of drug-likeness (QED) is 0.694. The first-order valence-electron chi connectivity index (χ1n) is 7.70. The van der Waals surface area contributed by atoms with Crippen molar-refractivity contribution in [1.82, 2.24) is 5.32 Å². The molecule has 0 radical (unpaired) electrons. The van der Waals surface area contributed by atoms with E-state index in [4.69, 9.17) is 0 Å². The zero-order valence-corrected chi connectivity index (χ0v) is 12.9. The molecule has 118 valence electrons. The van der Waals surface area contributed by atoms with E-state index in [0.29, 0.717) is 11.1 Å². The van der Waals surface area contributed by atoms with Gasteiger partial charge < -0.3 is 5.32 Å². The Morgan fingerprint density at radius 2 is 2.04 bits per heavy atom. The van der Waals surface area contributed by atoms with Crippen molar-refractivity contribution in [3.8, 4) is 0 Å². The maximum Gasteiger partial charge on any atom is 0.273 e. The van der Waals surface area contributed by atoms with Gasteiger partial charge in [0.15, 0.2) is 0 Å². The molecule has 0 fully saturated rings. The average molecular weight is 310 g/mol. The third-order valence-corrected chi connectivity index (χ3v) is 4.34. The SMILES string of the molecule is Cc1ccc(C(=O)N[C@@H]2CCCc3ccccc32)cc1[N+](=O)[O-]. The summed E-state index contributed by atoms with van der Waals surface area (Å²) in [5.41, 5.74) is 3.26. The molecule has 5 nitrogen and oxygen atoms in total. The highest BCUT2D eigenvalue weighted by Gasteiger charge is 2.23. The molecule has 5 heteroatoms. The molecule has 1 atom stereocenters. The van der Waals surface area contributed by atoms with Gasteiger partial charge in [0.1, 0.15) is 0 Å². The van der Waals surface area contributed by atoms with Crippen LogP contribution in [0.1, 0.15) is 45.9 Å². The lowest BCUT2D eigenvalue weighted by Gasteiger charge is -2.26. The zero-order valence-electron chi connectivity index (χ0n) is 12.9. The minimum Gasteiger partial charge on any atom is -0.345 e. The number of nitro benzene ring substituents is 1. The van der Waals surface area contributed by atoms with Gasteiger partial charge in [-0.3, -0.25) is 14.9 Å². The van der Waals surface area contributed by atoms with Gasteiger partial charge in [-0.1, -0.05) is 30.3 Å². The van der Waals surface area contributed by atoms with Crippen LogP contribution in [0.2, 0.25) is 0 Å². The number of nitrogens with one attached hydrogen (secondary N) is 1. The lowest BCUT2D eigenvalue weighted by atomic mass is 9.87. The summed E-state index contributed by atoms with van der Waals surface area (Å²) in [6.45, 7) is 1.66. The Labute approximate surface area is 134 Å². The van der Waals surface area contributed by atoms with E-state index in [2.05, 4.69) is 11.4 Å². The van der Waals surface area contributed by atoms with Gasteiger partial charge in [-0.2, -0.15) is 0 Å². The Balaban J connectivity index is 1.83. The summed E-state index contributed by atoms with van der Waals surface area (Å²) in [5.74, 6) is -0.269. The van der Waals surface area contributed by atoms with Gasteiger partial charge in [0.05, 0.1) is 11.0 Å². The zero-order chi connectivity index (χ0) is 16.4. The van der Waals surface area contributed by atoms with Crippen molar-refractivity contribution in [2.45, 2.75) is 32.2 Å². The molecular formula is C18H18N2O3. The van der Waals surface area contributed by atoms with Crippen LogP contribution in [0.3, 0.4) is 0 Å². The van der Waals surface area contributed by atoms with Gasteiger partial charge in [0.25, 0.3) is 11.6 Å². The standard InChI is InChI=1S/C18H18N2O3/c1-12-9-10-14(11-17(12)20(22)23)18(21)19-16-8-4-6-13-5-2-3-7-15(13)16/h2-3,5,7,9-11,16H,4,6,8H2,1H3,(H,19,21)/t16-/m1/s1. The first kappa shape index (κ1) is 15.2. The predicted molar refractivity (Wildman–Crippen MR) is 87.4 cm³/mol. The Bertz CT molecular complexity index is 771. The summed E-state index contributed by atoms with van der Waals surface area (Å²) >= 11 is 0. The second-order valence-corrected chi connectivity index (χ2v) is 5.88. The summed E-state index contributed by atoms with van der Waals surface area (Å²) in [7, 11) is 0. The summed E-state index contributed by atoms with van der Waals surface area (Å²) in [6.07, 6.45) is 2.94. The normalized spacial score (nSPS) is 16.5. The molecule has 0 aromatic heterocycles. The summed E-state index contributed by atoms with van der Waals surface area (Å²) < 4.78 is 0. The lowest BCUT2D eigenvalue weighted by molar-refractivity contribution is -0.385. The van der Waals surface area contributed by atoms with E-state index in [1.54, 1.807) is 19.1 Å². The third kappa shape index (κ3) is 3.08. The minimum absolute atomic E-state index is 0.0262. The molecule has 3 rings (SSSR count). The number of rotatable bonds is 3. The molecule has 0 saturated heterocycles. The number of hydrogen-bond acceptors (Lipinski definition) is 3. The molecule has 1 amide bonds. The van der Waals surface area contributed by atoms with Gasteiger partial charge in [0.2, 0.25) is 0 Å². The number of amides is 1. The van der Waals surface area contributed by atoms with Crippen LogP contribution in [0, 0.1) is 17.0 Å². The van der Waals surface area contributed by atoms with Crippen LogP contribution in [-0.2, 0) is 6.42 Å². The molecule has 1 aliphatic carbocycles. The minimum atomic E-state index is -0.456. The smallest absolute Gasteiger partial charge is 0.273 e. The maximum atomic E-state index is 12.5. The van der Waals surface area contributed by atoms with E-state index in [0.717, 1.165) is 24.8 Å². The second kappa shape index (κ2) is 6.20. The summed E-state index contributed by atoms with van der Waals surface area (Å²) in [5, 5.41) is 14.0. The number of carbonyl (C=O) groups is 1. The molecule has 0 heterocycles. The van der Waals surface area contributed by atoms with Crippen LogP contribution in [0.5, 0.6) is 0 Å². The van der Waals surface area contributed by atoms with Gasteiger partial charge in [-0.05, 0) is 43.4 Å². The maximum absolute atomic E-state index is 12.5. The third-order valence-electron chi connectivity index (χ3n) is 4.34. The number of nitro groups is 1. The van der Waals surface area contributed by atoms with Crippen molar-refractivity contribution in [2.24, 2.45) is 0 Å². The van der Waals surface area contributed by atoms with Crippen LogP contribution in [0.15, 0.2) is 42.5 Å². The van der Waals surface area contributed by atoms with Gasteiger partial charge >= 0.3 is 0 Å². The van der Waals surface area contributed by atoms with E-state index in [1.165, 1.54) is 11.6 Å². The van der Waals surface area contributed by atoms with E-state index in [-0.39, 0.29) is 17.6 Å². The average Bonchev–Trinajstić information content (AvgIpc) is 2.55. The van der Waals surface area contributed by atoms with Crippen LogP contribution < -0.4 is 5.32 Å². The Kier molecular flexibility index (Phi) is 4.10. The van der Waals surface area contributed by atoms with E-state index < -0.39 is 4.92 Å². The molecule has 0 unspecified atom stereocenters.